The van der Waals surface area contributed by atoms with Gasteiger partial charge < -0.3 is 31.3 Å². The third-order valence-electron chi connectivity index (χ3n) is 0.818. The van der Waals surface area contributed by atoms with Crippen LogP contribution in [0.4, 0.5) is 4.79 Å². The fourth-order valence-electron chi connectivity index (χ4n) is 0.243. The van der Waals surface area contributed by atoms with Crippen molar-refractivity contribution in [1.29, 1.82) is 0 Å². The number of hydrogen-bond acceptors (Lipinski definition) is 5. The summed E-state index contributed by atoms with van der Waals surface area (Å²) >= 11 is 0. The van der Waals surface area contributed by atoms with Crippen LogP contribution in [-0.2, 0) is 0 Å². The molecule has 7 N–H and O–H groups in total. The number of rotatable bonds is 3. The Kier molecular flexibility index (Phi) is 9.36. The highest BCUT2D eigenvalue weighted by Crippen LogP contribution is 1.88. The fourth-order valence-corrected chi connectivity index (χ4v) is 0.243. The van der Waals surface area contributed by atoms with Gasteiger partial charge >= 0.3 is 6.09 Å². The molecule has 0 saturated heterocycles. The molecule has 7 nitrogen and oxygen atoms in total. The van der Waals surface area contributed by atoms with Gasteiger partial charge in [-0.3, -0.25) is 0 Å². The van der Waals surface area contributed by atoms with Crippen molar-refractivity contribution in [3.63, 3.8) is 0 Å². The number of carbonyl (C=O) groups is 1. The van der Waals surface area contributed by atoms with Gasteiger partial charge in [0.05, 0.1) is 13.2 Å². The minimum atomic E-state index is -1.33. The molecule has 0 radical (unpaired) electrons. The topological polar surface area (TPSA) is 144 Å². The zero-order valence-corrected chi connectivity index (χ0v) is 6.29. The number of nitrogens with two attached hydrogens (primary N) is 1. The summed E-state index contributed by atoms with van der Waals surface area (Å²) in [5.74, 6) is 0. The number of carboxylic acid groups (broad SMARTS) is 1. The second-order valence-corrected chi connectivity index (χ2v) is 1.84. The molecule has 0 aliphatic heterocycles. The second kappa shape index (κ2) is 8.21. The van der Waals surface area contributed by atoms with Gasteiger partial charge in [-0.1, -0.05) is 0 Å². The van der Waals surface area contributed by atoms with E-state index in [1.54, 1.807) is 0 Å². The minimum Gasteiger partial charge on any atom is -0.465 e. The van der Waals surface area contributed by atoms with E-state index in [2.05, 4.69) is 5.73 Å². The Labute approximate surface area is 68.7 Å². The lowest BCUT2D eigenvalue weighted by molar-refractivity contribution is -0.0388. The predicted octanol–water partition coefficient (Wildman–Crippen LogP) is -2.68. The first-order valence-corrected chi connectivity index (χ1v) is 3.02. The molecule has 7 heteroatoms. The van der Waals surface area contributed by atoms with Crippen LogP contribution in [0.1, 0.15) is 0 Å². The molecular weight excluding hydrogens is 170 g/mol. The molecule has 0 aromatic carbocycles. The summed E-state index contributed by atoms with van der Waals surface area (Å²) in [6.07, 6.45) is -3.78. The van der Waals surface area contributed by atoms with E-state index in [0.29, 0.717) is 0 Å². The molecule has 0 aliphatic carbocycles. The summed E-state index contributed by atoms with van der Waals surface area (Å²) in [6, 6.07) is 0. The molecule has 0 spiro atoms. The molecule has 0 fully saturated rings. The lowest BCUT2D eigenvalue weighted by Crippen LogP contribution is -2.31. The van der Waals surface area contributed by atoms with Crippen LogP contribution in [0.3, 0.4) is 0 Å². The molecule has 0 rings (SSSR count). The van der Waals surface area contributed by atoms with E-state index in [1.807, 2.05) is 0 Å². The Bertz CT molecular complexity index is 107. The summed E-state index contributed by atoms with van der Waals surface area (Å²) < 4.78 is 0. The van der Waals surface area contributed by atoms with Crippen LogP contribution >= 0.6 is 0 Å². The lowest BCUT2D eigenvalue weighted by Gasteiger charge is -2.10. The number of amides is 1. The van der Waals surface area contributed by atoms with Crippen molar-refractivity contribution in [2.45, 2.75) is 12.2 Å². The number of aliphatic hydroxyl groups is 4. The van der Waals surface area contributed by atoms with E-state index in [0.717, 1.165) is 0 Å². The third kappa shape index (κ3) is 11.9. The normalized spacial score (nSPS) is 14.0. The SMILES string of the molecule is NC(=O)O.OC[C@@H](O)[C@@H](O)CO. The summed E-state index contributed by atoms with van der Waals surface area (Å²) in [5.41, 5.74) is 4.03. The summed E-state index contributed by atoms with van der Waals surface area (Å²) in [4.78, 5) is 8.78. The fraction of sp³-hybridized carbons (Fsp3) is 0.800. The maximum Gasteiger partial charge on any atom is 0.402 e. The Morgan fingerprint density at radius 3 is 1.42 bits per heavy atom. The number of aliphatic hydroxyl groups excluding tert-OH is 4. The maximum absolute atomic E-state index is 8.78. The molecule has 2 atom stereocenters. The molecule has 0 saturated carbocycles. The van der Waals surface area contributed by atoms with E-state index < -0.39 is 31.5 Å². The molecule has 1 amide bonds. The second-order valence-electron chi connectivity index (χ2n) is 1.84. The van der Waals surface area contributed by atoms with Crippen LogP contribution in [0, 0.1) is 0 Å². The quantitative estimate of drug-likeness (QED) is 0.281. The van der Waals surface area contributed by atoms with Crippen molar-refractivity contribution in [2.75, 3.05) is 13.2 Å². The Balaban J connectivity index is 0. The van der Waals surface area contributed by atoms with Crippen molar-refractivity contribution < 1.29 is 30.3 Å². The van der Waals surface area contributed by atoms with E-state index in [4.69, 9.17) is 30.3 Å². The summed E-state index contributed by atoms with van der Waals surface area (Å²) in [5, 5.41) is 40.4. The lowest BCUT2D eigenvalue weighted by atomic mass is 10.2. The first-order valence-electron chi connectivity index (χ1n) is 3.02. The molecule has 12 heavy (non-hydrogen) atoms. The standard InChI is InChI=1S/C4H10O4.CH3NO2/c5-1-3(7)4(8)2-6;2-1(3)4/h3-8H,1-2H2;2H2,(H,3,4)/t3-,4+;. The van der Waals surface area contributed by atoms with Crippen LogP contribution in [-0.4, -0.2) is 57.0 Å². The van der Waals surface area contributed by atoms with Gasteiger partial charge in [-0.05, 0) is 0 Å². The molecule has 0 aliphatic rings. The molecule has 0 aromatic rings. The summed E-state index contributed by atoms with van der Waals surface area (Å²) in [6.45, 7) is -1.05. The Morgan fingerprint density at radius 2 is 1.33 bits per heavy atom. The van der Waals surface area contributed by atoms with Crippen molar-refractivity contribution in [2.24, 2.45) is 5.73 Å². The molecule has 74 valence electrons. The zero-order valence-electron chi connectivity index (χ0n) is 6.29. The van der Waals surface area contributed by atoms with E-state index in [-0.39, 0.29) is 0 Å². The van der Waals surface area contributed by atoms with Crippen molar-refractivity contribution in [3.05, 3.63) is 0 Å². The van der Waals surface area contributed by atoms with Gasteiger partial charge in [0.15, 0.2) is 0 Å². The average Bonchev–Trinajstić information content (AvgIpc) is 2.00. The van der Waals surface area contributed by atoms with Crippen molar-refractivity contribution in [1.82, 2.24) is 0 Å². The van der Waals surface area contributed by atoms with Crippen molar-refractivity contribution >= 4 is 6.09 Å². The highest BCUT2D eigenvalue weighted by molar-refractivity contribution is 5.61. The van der Waals surface area contributed by atoms with Crippen LogP contribution < -0.4 is 5.73 Å². The van der Waals surface area contributed by atoms with Crippen molar-refractivity contribution in [3.8, 4) is 0 Å². The molecule has 0 heterocycles. The van der Waals surface area contributed by atoms with Crippen LogP contribution in [0.5, 0.6) is 0 Å². The van der Waals surface area contributed by atoms with E-state index in [1.165, 1.54) is 0 Å². The summed E-state index contributed by atoms with van der Waals surface area (Å²) in [7, 11) is 0. The molecule has 0 aromatic heterocycles. The monoisotopic (exact) mass is 183 g/mol. The van der Waals surface area contributed by atoms with Crippen LogP contribution in [0.25, 0.3) is 0 Å². The third-order valence-corrected chi connectivity index (χ3v) is 0.818. The van der Waals surface area contributed by atoms with Gasteiger partial charge in [-0.2, -0.15) is 0 Å². The average molecular weight is 183 g/mol. The largest absolute Gasteiger partial charge is 0.465 e. The Hall–Kier alpha value is -0.890. The zero-order chi connectivity index (χ0) is 10.1. The van der Waals surface area contributed by atoms with Gasteiger partial charge in [-0.15, -0.1) is 0 Å². The van der Waals surface area contributed by atoms with Gasteiger partial charge in [0.25, 0.3) is 0 Å². The first-order chi connectivity index (χ1) is 5.45. The maximum atomic E-state index is 8.78. The molecule has 0 unspecified atom stereocenters. The van der Waals surface area contributed by atoms with Gasteiger partial charge in [0.2, 0.25) is 0 Å². The van der Waals surface area contributed by atoms with E-state index in [9.17, 15) is 0 Å². The number of hydrogen-bond donors (Lipinski definition) is 6. The number of primary amides is 1. The van der Waals surface area contributed by atoms with E-state index >= 15 is 0 Å². The van der Waals surface area contributed by atoms with Gasteiger partial charge in [0.1, 0.15) is 12.2 Å². The molecule has 0 bridgehead atoms. The van der Waals surface area contributed by atoms with Crippen LogP contribution in [0.15, 0.2) is 0 Å². The highest BCUT2D eigenvalue weighted by Gasteiger charge is 2.12. The van der Waals surface area contributed by atoms with Gasteiger partial charge in [-0.25, -0.2) is 4.79 Å². The molecular formula is C5H13NO6. The Morgan fingerprint density at radius 1 is 1.17 bits per heavy atom. The predicted molar refractivity (Wildman–Crippen MR) is 38.4 cm³/mol. The van der Waals surface area contributed by atoms with Gasteiger partial charge in [0, 0.05) is 0 Å². The highest BCUT2D eigenvalue weighted by atomic mass is 16.4. The first kappa shape index (κ1) is 13.7. The van der Waals surface area contributed by atoms with Crippen LogP contribution in [0.2, 0.25) is 0 Å². The minimum absolute atomic E-state index is 0.526. The smallest absolute Gasteiger partial charge is 0.402 e.